The van der Waals surface area contributed by atoms with Crippen LogP contribution < -0.4 is 4.74 Å². The molecule has 0 atom stereocenters. The molecule has 1 heterocycles. The van der Waals surface area contributed by atoms with E-state index in [0.29, 0.717) is 6.42 Å². The van der Waals surface area contributed by atoms with E-state index in [4.69, 9.17) is 4.74 Å². The third kappa shape index (κ3) is 4.99. The maximum Gasteiger partial charge on any atom is 0.161 e. The maximum atomic E-state index is 12.1. The lowest BCUT2D eigenvalue weighted by Gasteiger charge is -2.27. The van der Waals surface area contributed by atoms with Gasteiger partial charge in [0.15, 0.2) is 5.78 Å². The van der Waals surface area contributed by atoms with Gasteiger partial charge in [-0.1, -0.05) is 32.4 Å². The molecule has 0 saturated carbocycles. The van der Waals surface area contributed by atoms with Crippen LogP contribution in [-0.2, 0) is 4.79 Å². The summed E-state index contributed by atoms with van der Waals surface area (Å²) >= 11 is 0. The molecule has 1 saturated heterocycles. The third-order valence-corrected chi connectivity index (χ3v) is 3.93. The van der Waals surface area contributed by atoms with Crippen LogP contribution in [0.5, 0.6) is 5.75 Å². The third-order valence-electron chi connectivity index (χ3n) is 3.93. The van der Waals surface area contributed by atoms with E-state index < -0.39 is 0 Å². The molecule has 0 aliphatic carbocycles. The van der Waals surface area contributed by atoms with Gasteiger partial charge in [0.2, 0.25) is 0 Å². The van der Waals surface area contributed by atoms with Crippen LogP contribution >= 0.6 is 0 Å². The Labute approximate surface area is 134 Å². The van der Waals surface area contributed by atoms with E-state index in [0.717, 1.165) is 62.4 Å². The molecule has 1 aromatic rings. The minimum absolute atomic E-state index is 0.288. The van der Waals surface area contributed by atoms with Crippen LogP contribution in [0.15, 0.2) is 29.8 Å². The van der Waals surface area contributed by atoms with Gasteiger partial charge in [0, 0.05) is 25.1 Å². The van der Waals surface area contributed by atoms with Crippen LogP contribution in [0.4, 0.5) is 0 Å². The molecule has 1 aliphatic rings. The summed E-state index contributed by atoms with van der Waals surface area (Å²) in [6, 6.07) is 8.03. The van der Waals surface area contributed by atoms with Crippen LogP contribution in [0.2, 0.25) is 0 Å². The summed E-state index contributed by atoms with van der Waals surface area (Å²) < 4.78 is 5.67. The molecular weight excluding hydrogens is 274 g/mol. The molecule has 2 rings (SSSR count). The summed E-state index contributed by atoms with van der Waals surface area (Å²) in [5, 5.41) is 0. The number of nitrogens with zero attached hydrogens (tertiary/aromatic N) is 1. The zero-order valence-corrected chi connectivity index (χ0v) is 13.8. The Balaban J connectivity index is 1.99. The van der Waals surface area contributed by atoms with Gasteiger partial charge >= 0.3 is 0 Å². The number of hydrogen-bond donors (Lipinski definition) is 0. The Bertz CT molecular complexity index is 505. The number of ether oxygens (including phenoxy) is 1. The van der Waals surface area contributed by atoms with Gasteiger partial charge < -0.3 is 4.74 Å². The molecule has 22 heavy (non-hydrogen) atoms. The van der Waals surface area contributed by atoms with Gasteiger partial charge in [0.05, 0.1) is 6.61 Å². The van der Waals surface area contributed by atoms with Crippen molar-refractivity contribution in [2.45, 2.75) is 39.5 Å². The normalized spacial score (nSPS) is 17.9. The largest absolute Gasteiger partial charge is 0.494 e. The number of unbranched alkanes of at least 4 members (excludes halogenated alkanes) is 1. The van der Waals surface area contributed by atoms with E-state index in [1.807, 2.05) is 30.3 Å². The van der Waals surface area contributed by atoms with Gasteiger partial charge in [-0.05, 0) is 43.2 Å². The van der Waals surface area contributed by atoms with Crippen molar-refractivity contribution in [3.63, 3.8) is 0 Å². The zero-order chi connectivity index (χ0) is 15.8. The van der Waals surface area contributed by atoms with Crippen LogP contribution in [0, 0.1) is 0 Å². The fourth-order valence-corrected chi connectivity index (χ4v) is 2.66. The summed E-state index contributed by atoms with van der Waals surface area (Å²) in [6.07, 6.45) is 6.02. The number of Topliss-reactive ketones (excluding diaryl/α,β-unsaturated/α-hetero) is 1. The molecular formula is C19H27NO2. The second-order valence-electron chi connectivity index (χ2n) is 5.89. The van der Waals surface area contributed by atoms with Crippen molar-refractivity contribution in [1.29, 1.82) is 0 Å². The molecule has 0 bridgehead atoms. The van der Waals surface area contributed by atoms with Crippen LogP contribution in [0.3, 0.4) is 0 Å². The molecule has 3 heteroatoms. The molecule has 0 spiro atoms. The first kappa shape index (κ1) is 16.8. The van der Waals surface area contributed by atoms with E-state index in [1.165, 1.54) is 0 Å². The molecule has 0 radical (unpaired) electrons. The lowest BCUT2D eigenvalue weighted by atomic mass is 10.00. The van der Waals surface area contributed by atoms with Crippen molar-refractivity contribution < 1.29 is 9.53 Å². The minimum Gasteiger partial charge on any atom is -0.494 e. The Morgan fingerprint density at radius 3 is 2.64 bits per heavy atom. The van der Waals surface area contributed by atoms with Gasteiger partial charge in [-0.2, -0.15) is 0 Å². The summed E-state index contributed by atoms with van der Waals surface area (Å²) in [5.74, 6) is 1.19. The zero-order valence-electron chi connectivity index (χ0n) is 13.8. The predicted molar refractivity (Wildman–Crippen MR) is 91.2 cm³/mol. The Morgan fingerprint density at radius 1 is 1.18 bits per heavy atom. The number of carbonyl (C=O) groups excluding carboxylic acids is 1. The predicted octanol–water partition coefficient (Wildman–Crippen LogP) is 3.93. The molecule has 1 fully saturated rings. The van der Waals surface area contributed by atoms with E-state index in [-0.39, 0.29) is 5.78 Å². The summed E-state index contributed by atoms with van der Waals surface area (Å²) in [4.78, 5) is 14.4. The molecule has 0 aromatic heterocycles. The molecule has 0 unspecified atom stereocenters. The van der Waals surface area contributed by atoms with Crippen molar-refractivity contribution in [3.05, 3.63) is 35.4 Å². The number of piperidine rings is 1. The van der Waals surface area contributed by atoms with Crippen LogP contribution in [-0.4, -0.2) is 36.9 Å². The highest BCUT2D eigenvalue weighted by Crippen LogP contribution is 2.19. The average molecular weight is 301 g/mol. The maximum absolute atomic E-state index is 12.1. The smallest absolute Gasteiger partial charge is 0.161 e. The first-order valence-corrected chi connectivity index (χ1v) is 8.42. The van der Waals surface area contributed by atoms with E-state index in [2.05, 4.69) is 18.7 Å². The van der Waals surface area contributed by atoms with E-state index in [1.54, 1.807) is 0 Å². The quantitative estimate of drug-likeness (QED) is 0.564. The molecule has 1 aliphatic heterocycles. The van der Waals surface area contributed by atoms with Crippen molar-refractivity contribution in [3.8, 4) is 5.75 Å². The Kier molecular flexibility index (Phi) is 6.66. The van der Waals surface area contributed by atoms with Gasteiger partial charge in [0.1, 0.15) is 5.75 Å². The van der Waals surface area contributed by atoms with Crippen molar-refractivity contribution in [2.24, 2.45) is 0 Å². The van der Waals surface area contributed by atoms with Gasteiger partial charge in [-0.15, -0.1) is 0 Å². The number of benzene rings is 1. The first-order chi connectivity index (χ1) is 10.7. The number of hydrogen-bond acceptors (Lipinski definition) is 3. The lowest BCUT2D eigenvalue weighted by Crippen LogP contribution is -2.36. The average Bonchev–Trinajstić information content (AvgIpc) is 2.53. The highest BCUT2D eigenvalue weighted by molar-refractivity contribution is 6.00. The van der Waals surface area contributed by atoms with Crippen molar-refractivity contribution >= 4 is 11.9 Å². The summed E-state index contributed by atoms with van der Waals surface area (Å²) in [7, 11) is 0. The fraction of sp³-hybridized carbons (Fsp3) is 0.526. The van der Waals surface area contributed by atoms with Crippen LogP contribution in [0.25, 0.3) is 6.08 Å². The molecule has 3 nitrogen and oxygen atoms in total. The minimum atomic E-state index is 0.288. The Hall–Kier alpha value is -1.61. The van der Waals surface area contributed by atoms with E-state index in [9.17, 15) is 4.79 Å². The standard InChI is InChI=1S/C19H27NO2/c1-3-5-13-22-18-8-6-16(7-9-18)14-17-15-20(11-4-2)12-10-19(17)21/h6-9,14H,3-5,10-13,15H2,1-2H3/b17-14+. The summed E-state index contributed by atoms with van der Waals surface area (Å²) in [5.41, 5.74) is 2.00. The number of carbonyl (C=O) groups is 1. The first-order valence-electron chi connectivity index (χ1n) is 8.42. The SMILES string of the molecule is CCCCOc1ccc(/C=C2\CN(CCC)CCC2=O)cc1. The number of ketones is 1. The second-order valence-corrected chi connectivity index (χ2v) is 5.89. The van der Waals surface area contributed by atoms with E-state index >= 15 is 0 Å². The highest BCUT2D eigenvalue weighted by atomic mass is 16.5. The highest BCUT2D eigenvalue weighted by Gasteiger charge is 2.20. The molecule has 0 amide bonds. The molecule has 120 valence electrons. The fourth-order valence-electron chi connectivity index (χ4n) is 2.66. The lowest BCUT2D eigenvalue weighted by molar-refractivity contribution is -0.117. The van der Waals surface area contributed by atoms with Gasteiger partial charge in [-0.3, -0.25) is 9.69 Å². The summed E-state index contributed by atoms with van der Waals surface area (Å²) in [6.45, 7) is 7.84. The Morgan fingerprint density at radius 2 is 1.95 bits per heavy atom. The number of likely N-dealkylation sites (tertiary alicyclic amines) is 1. The van der Waals surface area contributed by atoms with Gasteiger partial charge in [-0.25, -0.2) is 0 Å². The molecule has 0 N–H and O–H groups in total. The van der Waals surface area contributed by atoms with Gasteiger partial charge in [0.25, 0.3) is 0 Å². The molecule has 1 aromatic carbocycles. The topological polar surface area (TPSA) is 29.5 Å². The monoisotopic (exact) mass is 301 g/mol. The number of rotatable bonds is 7. The van der Waals surface area contributed by atoms with Crippen molar-refractivity contribution in [2.75, 3.05) is 26.2 Å². The second kappa shape index (κ2) is 8.74. The van der Waals surface area contributed by atoms with Crippen molar-refractivity contribution in [1.82, 2.24) is 4.90 Å². The van der Waals surface area contributed by atoms with Crippen LogP contribution in [0.1, 0.15) is 45.1 Å².